The average Bonchev–Trinajstić information content (AvgIpc) is 2.53. The van der Waals surface area contributed by atoms with Crippen LogP contribution in [0.3, 0.4) is 0 Å². The second kappa shape index (κ2) is 6.35. The highest BCUT2D eigenvalue weighted by Crippen LogP contribution is 2.30. The molecule has 0 atom stereocenters. The molecule has 0 fully saturated rings. The van der Waals surface area contributed by atoms with Gasteiger partial charge in [-0.05, 0) is 18.2 Å². The Bertz CT molecular complexity index is 759. The normalized spacial score (nSPS) is 10.2. The number of amides is 1. The molecule has 0 saturated heterocycles. The van der Waals surface area contributed by atoms with Gasteiger partial charge in [-0.25, -0.2) is 0 Å². The third-order valence-corrected chi connectivity index (χ3v) is 3.45. The zero-order valence-electron chi connectivity index (χ0n) is 13.1. The quantitative estimate of drug-likeness (QED) is 0.692. The van der Waals surface area contributed by atoms with E-state index in [1.165, 1.54) is 4.90 Å². The van der Waals surface area contributed by atoms with Crippen LogP contribution in [0, 0.1) is 10.1 Å². The van der Waals surface area contributed by atoms with Crippen LogP contribution >= 0.6 is 0 Å². The standard InChI is InChI=1S/C16H17N3O4/c1-17(2)13-6-4-5-7-14(13)18(3)16(21)12-10-11(19(22)23)8-9-15(12)20/h4-10,20H,1-3H3. The fraction of sp³-hybridized carbons (Fsp3) is 0.188. The Morgan fingerprint density at radius 1 is 1.09 bits per heavy atom. The number of rotatable bonds is 4. The number of hydrogen-bond acceptors (Lipinski definition) is 5. The lowest BCUT2D eigenvalue weighted by Gasteiger charge is -2.24. The molecule has 0 unspecified atom stereocenters. The van der Waals surface area contributed by atoms with Crippen molar-refractivity contribution in [1.82, 2.24) is 0 Å². The predicted molar refractivity (Wildman–Crippen MR) is 88.3 cm³/mol. The van der Waals surface area contributed by atoms with Gasteiger partial charge in [0.05, 0.1) is 21.9 Å². The lowest BCUT2D eigenvalue weighted by atomic mass is 10.1. The van der Waals surface area contributed by atoms with Gasteiger partial charge in [0.25, 0.3) is 11.6 Å². The molecule has 0 aromatic heterocycles. The number of non-ortho nitro benzene ring substituents is 1. The number of aromatic hydroxyl groups is 1. The summed E-state index contributed by atoms with van der Waals surface area (Å²) in [6, 6.07) is 10.6. The molecule has 1 N–H and O–H groups in total. The summed E-state index contributed by atoms with van der Waals surface area (Å²) in [5, 5.41) is 20.7. The molecule has 1 amide bonds. The van der Waals surface area contributed by atoms with Crippen LogP contribution in [0.2, 0.25) is 0 Å². The van der Waals surface area contributed by atoms with E-state index in [1.54, 1.807) is 19.2 Å². The van der Waals surface area contributed by atoms with Crippen LogP contribution < -0.4 is 9.80 Å². The van der Waals surface area contributed by atoms with Gasteiger partial charge in [0.15, 0.2) is 0 Å². The average molecular weight is 315 g/mol. The van der Waals surface area contributed by atoms with Gasteiger partial charge < -0.3 is 14.9 Å². The molecule has 23 heavy (non-hydrogen) atoms. The zero-order chi connectivity index (χ0) is 17.1. The van der Waals surface area contributed by atoms with Gasteiger partial charge in [-0.1, -0.05) is 12.1 Å². The first-order valence-electron chi connectivity index (χ1n) is 6.84. The number of benzene rings is 2. The number of nitro benzene ring substituents is 1. The molecule has 7 nitrogen and oxygen atoms in total. The Kier molecular flexibility index (Phi) is 4.49. The minimum absolute atomic E-state index is 0.116. The van der Waals surface area contributed by atoms with E-state index >= 15 is 0 Å². The number of para-hydroxylation sites is 2. The maximum absolute atomic E-state index is 12.6. The number of carbonyl (C=O) groups excluding carboxylic acids is 1. The van der Waals surface area contributed by atoms with Gasteiger partial charge >= 0.3 is 0 Å². The maximum atomic E-state index is 12.6. The number of carbonyl (C=O) groups is 1. The number of nitrogens with zero attached hydrogens (tertiary/aromatic N) is 3. The van der Waals surface area contributed by atoms with Gasteiger partial charge in [0.2, 0.25) is 0 Å². The second-order valence-corrected chi connectivity index (χ2v) is 5.21. The van der Waals surface area contributed by atoms with Crippen molar-refractivity contribution in [3.05, 3.63) is 58.1 Å². The van der Waals surface area contributed by atoms with Crippen LogP contribution in [0.1, 0.15) is 10.4 Å². The predicted octanol–water partition coefficient (Wildman–Crippen LogP) is 2.64. The van der Waals surface area contributed by atoms with E-state index < -0.39 is 10.8 Å². The molecule has 0 bridgehead atoms. The first-order chi connectivity index (χ1) is 10.8. The highest BCUT2D eigenvalue weighted by molar-refractivity contribution is 6.09. The molecule has 0 radical (unpaired) electrons. The highest BCUT2D eigenvalue weighted by atomic mass is 16.6. The maximum Gasteiger partial charge on any atom is 0.270 e. The van der Waals surface area contributed by atoms with Crippen LogP contribution in [0.4, 0.5) is 17.1 Å². The number of phenolic OH excluding ortho intramolecular Hbond substituents is 1. The third-order valence-electron chi connectivity index (χ3n) is 3.45. The van der Waals surface area contributed by atoms with Gasteiger partial charge in [0, 0.05) is 33.3 Å². The monoisotopic (exact) mass is 315 g/mol. The molecule has 7 heteroatoms. The molecule has 2 rings (SSSR count). The Labute approximate surface area is 133 Å². The first-order valence-corrected chi connectivity index (χ1v) is 6.84. The van der Waals surface area contributed by atoms with E-state index in [1.807, 2.05) is 31.1 Å². The van der Waals surface area contributed by atoms with Gasteiger partial charge in [-0.15, -0.1) is 0 Å². The van der Waals surface area contributed by atoms with Crippen LogP contribution in [0.25, 0.3) is 0 Å². The molecular formula is C16H17N3O4. The van der Waals surface area contributed by atoms with Gasteiger partial charge in [-0.3, -0.25) is 14.9 Å². The number of anilines is 2. The Hall–Kier alpha value is -3.09. The molecular weight excluding hydrogens is 298 g/mol. The molecule has 0 spiro atoms. The summed E-state index contributed by atoms with van der Waals surface area (Å²) in [6.45, 7) is 0. The fourth-order valence-corrected chi connectivity index (χ4v) is 2.22. The molecule has 2 aromatic rings. The number of hydrogen-bond donors (Lipinski definition) is 1. The lowest BCUT2D eigenvalue weighted by molar-refractivity contribution is -0.384. The van der Waals surface area contributed by atoms with Gasteiger partial charge in [-0.2, -0.15) is 0 Å². The third kappa shape index (κ3) is 3.23. The van der Waals surface area contributed by atoms with E-state index in [2.05, 4.69) is 0 Å². The zero-order valence-corrected chi connectivity index (χ0v) is 13.1. The van der Waals surface area contributed by atoms with Crippen LogP contribution in [-0.4, -0.2) is 37.1 Å². The Morgan fingerprint density at radius 2 is 1.70 bits per heavy atom. The molecule has 0 saturated carbocycles. The lowest BCUT2D eigenvalue weighted by Crippen LogP contribution is -2.28. The van der Waals surface area contributed by atoms with Crippen LogP contribution in [-0.2, 0) is 0 Å². The summed E-state index contributed by atoms with van der Waals surface area (Å²) in [7, 11) is 5.26. The van der Waals surface area contributed by atoms with Crippen molar-refractivity contribution in [1.29, 1.82) is 0 Å². The SMILES string of the molecule is CN(C)c1ccccc1N(C)C(=O)c1cc([N+](=O)[O-])ccc1O. The van der Waals surface area contributed by atoms with Crippen molar-refractivity contribution in [3.63, 3.8) is 0 Å². The highest BCUT2D eigenvalue weighted by Gasteiger charge is 2.22. The van der Waals surface area contributed by atoms with Gasteiger partial charge in [0.1, 0.15) is 5.75 Å². The molecule has 120 valence electrons. The van der Waals surface area contributed by atoms with E-state index in [-0.39, 0.29) is 17.0 Å². The van der Waals surface area contributed by atoms with E-state index in [4.69, 9.17) is 0 Å². The summed E-state index contributed by atoms with van der Waals surface area (Å²) in [5.74, 6) is -0.824. The minimum atomic E-state index is -0.607. The van der Waals surface area contributed by atoms with Crippen molar-refractivity contribution < 1.29 is 14.8 Å². The summed E-state index contributed by atoms with van der Waals surface area (Å²) in [6.07, 6.45) is 0. The summed E-state index contributed by atoms with van der Waals surface area (Å²) < 4.78 is 0. The second-order valence-electron chi connectivity index (χ2n) is 5.21. The molecule has 0 aliphatic heterocycles. The minimum Gasteiger partial charge on any atom is -0.507 e. The fourth-order valence-electron chi connectivity index (χ4n) is 2.22. The van der Waals surface area contributed by atoms with E-state index in [0.717, 1.165) is 23.9 Å². The van der Waals surface area contributed by atoms with Crippen molar-refractivity contribution in [2.75, 3.05) is 30.9 Å². The molecule has 2 aromatic carbocycles. The molecule has 0 heterocycles. The van der Waals surface area contributed by atoms with E-state index in [0.29, 0.717) is 5.69 Å². The van der Waals surface area contributed by atoms with Crippen molar-refractivity contribution in [2.45, 2.75) is 0 Å². The Morgan fingerprint density at radius 3 is 2.26 bits per heavy atom. The van der Waals surface area contributed by atoms with Crippen LogP contribution in [0.5, 0.6) is 5.75 Å². The van der Waals surface area contributed by atoms with Crippen molar-refractivity contribution >= 4 is 23.0 Å². The first kappa shape index (κ1) is 16.3. The summed E-state index contributed by atoms with van der Waals surface area (Å²) in [5.41, 5.74) is 1.08. The van der Waals surface area contributed by atoms with Crippen molar-refractivity contribution in [2.24, 2.45) is 0 Å². The number of nitro groups is 1. The summed E-state index contributed by atoms with van der Waals surface area (Å²) >= 11 is 0. The largest absolute Gasteiger partial charge is 0.507 e. The van der Waals surface area contributed by atoms with Crippen molar-refractivity contribution in [3.8, 4) is 5.75 Å². The Balaban J connectivity index is 2.45. The summed E-state index contributed by atoms with van der Waals surface area (Å²) in [4.78, 5) is 26.1. The van der Waals surface area contributed by atoms with E-state index in [9.17, 15) is 20.0 Å². The number of phenols is 1. The topological polar surface area (TPSA) is 86.9 Å². The molecule has 0 aliphatic rings. The van der Waals surface area contributed by atoms with Crippen LogP contribution in [0.15, 0.2) is 42.5 Å². The smallest absolute Gasteiger partial charge is 0.270 e. The molecule has 0 aliphatic carbocycles.